The lowest BCUT2D eigenvalue weighted by Gasteiger charge is -2.33. The van der Waals surface area contributed by atoms with E-state index in [1.54, 1.807) is 16.2 Å². The molecule has 0 N–H and O–H groups in total. The molecule has 5 aromatic rings. The average molecular weight is 627 g/mol. The number of piperidine rings is 1. The quantitative estimate of drug-likeness (QED) is 0.165. The van der Waals surface area contributed by atoms with Gasteiger partial charge in [0.25, 0.3) is 0 Å². The fourth-order valence-electron chi connectivity index (χ4n) is 5.94. The van der Waals surface area contributed by atoms with Crippen LogP contribution in [0.15, 0.2) is 72.1 Å². The molecule has 9 heteroatoms. The molecule has 0 aliphatic carbocycles. The summed E-state index contributed by atoms with van der Waals surface area (Å²) < 4.78 is 24.0. The number of aromatic nitrogens is 3. The lowest BCUT2D eigenvalue weighted by molar-refractivity contribution is 0.0126. The van der Waals surface area contributed by atoms with E-state index in [9.17, 15) is 4.79 Å². The standard InChI is InChI=1S/C36H42N4O4S/c1-6-29-33(25-11-8-7-9-12-25)37-34(31-24-32-30(38(31)5)17-22-45-32)40(29)20-21-42-27-13-10-14-28(23-27)43-26-15-18-39(19-16-26)35(41)44-36(2,3)4/h7-14,17,22-24,26H,6,15-16,18-21H2,1-5H3. The van der Waals surface area contributed by atoms with Gasteiger partial charge in [0.1, 0.15) is 29.8 Å². The number of rotatable bonds is 9. The number of amides is 1. The zero-order chi connectivity index (χ0) is 31.6. The van der Waals surface area contributed by atoms with E-state index in [2.05, 4.69) is 64.9 Å². The average Bonchev–Trinajstić information content (AvgIpc) is 3.72. The number of thiophene rings is 1. The third-order valence-electron chi connectivity index (χ3n) is 8.13. The van der Waals surface area contributed by atoms with Gasteiger partial charge in [0, 0.05) is 50.3 Å². The molecule has 0 bridgehead atoms. The van der Waals surface area contributed by atoms with Crippen molar-refractivity contribution in [1.29, 1.82) is 0 Å². The van der Waals surface area contributed by atoms with Crippen LogP contribution < -0.4 is 9.47 Å². The van der Waals surface area contributed by atoms with Gasteiger partial charge in [0.15, 0.2) is 5.82 Å². The Morgan fingerprint density at radius 3 is 2.47 bits per heavy atom. The SMILES string of the molecule is CCc1c(-c2ccccc2)nc(-c2cc3sccc3n2C)n1CCOc1cccc(OC2CCN(C(=O)OC(C)(C)C)CC2)c1. The molecule has 1 saturated heterocycles. The number of benzene rings is 2. The summed E-state index contributed by atoms with van der Waals surface area (Å²) in [6.07, 6.45) is 2.15. The molecule has 1 aliphatic heterocycles. The minimum Gasteiger partial charge on any atom is -0.492 e. The number of likely N-dealkylation sites (tertiary alicyclic amines) is 1. The zero-order valence-electron chi connectivity index (χ0n) is 26.8. The van der Waals surface area contributed by atoms with Crippen molar-refractivity contribution in [1.82, 2.24) is 19.0 Å². The van der Waals surface area contributed by atoms with E-state index in [-0.39, 0.29) is 12.2 Å². The van der Waals surface area contributed by atoms with Crippen LogP contribution in [0.25, 0.3) is 33.0 Å². The lowest BCUT2D eigenvalue weighted by Crippen LogP contribution is -2.44. The molecule has 0 unspecified atom stereocenters. The van der Waals surface area contributed by atoms with Crippen molar-refractivity contribution in [2.45, 2.75) is 65.2 Å². The van der Waals surface area contributed by atoms with Crippen LogP contribution in [0.1, 0.15) is 46.2 Å². The molecule has 3 aromatic heterocycles. The Hall–Kier alpha value is -4.24. The number of hydrogen-bond acceptors (Lipinski definition) is 6. The second kappa shape index (κ2) is 13.0. The Morgan fingerprint density at radius 1 is 1.00 bits per heavy atom. The molecule has 0 radical (unpaired) electrons. The van der Waals surface area contributed by atoms with Gasteiger partial charge in [0.2, 0.25) is 0 Å². The molecule has 4 heterocycles. The van der Waals surface area contributed by atoms with E-state index in [4.69, 9.17) is 19.2 Å². The first kappa shape index (κ1) is 30.8. The van der Waals surface area contributed by atoms with Crippen LogP contribution in [0.4, 0.5) is 4.79 Å². The van der Waals surface area contributed by atoms with Crippen LogP contribution in [-0.2, 0) is 24.8 Å². The Labute approximate surface area is 269 Å². The second-order valence-corrected chi connectivity index (χ2v) is 13.4. The molecule has 6 rings (SSSR count). The minimum atomic E-state index is -0.495. The van der Waals surface area contributed by atoms with Crippen LogP contribution >= 0.6 is 11.3 Å². The molecule has 0 spiro atoms. The number of ether oxygens (including phenoxy) is 3. The molecular weight excluding hydrogens is 584 g/mol. The molecule has 0 saturated carbocycles. The summed E-state index contributed by atoms with van der Waals surface area (Å²) in [7, 11) is 2.11. The molecule has 1 fully saturated rings. The van der Waals surface area contributed by atoms with E-state index < -0.39 is 5.60 Å². The molecule has 1 aliphatic rings. The molecule has 8 nitrogen and oxygen atoms in total. The Morgan fingerprint density at radius 2 is 1.76 bits per heavy atom. The number of carbonyl (C=O) groups is 1. The number of hydrogen-bond donors (Lipinski definition) is 0. The maximum Gasteiger partial charge on any atom is 0.410 e. The monoisotopic (exact) mass is 626 g/mol. The van der Waals surface area contributed by atoms with Crippen molar-refractivity contribution < 1.29 is 19.0 Å². The molecule has 2 aromatic carbocycles. The third kappa shape index (κ3) is 6.88. The van der Waals surface area contributed by atoms with Crippen molar-refractivity contribution in [2.24, 2.45) is 7.05 Å². The summed E-state index contributed by atoms with van der Waals surface area (Å²) in [5.74, 6) is 2.49. The van der Waals surface area contributed by atoms with Crippen LogP contribution in [-0.4, -0.2) is 56.5 Å². The predicted molar refractivity (Wildman–Crippen MR) is 180 cm³/mol. The third-order valence-corrected chi connectivity index (χ3v) is 8.99. The molecule has 45 heavy (non-hydrogen) atoms. The van der Waals surface area contributed by atoms with Crippen molar-refractivity contribution in [3.63, 3.8) is 0 Å². The topological polar surface area (TPSA) is 70.8 Å². The van der Waals surface area contributed by atoms with Gasteiger partial charge in [-0.25, -0.2) is 9.78 Å². The van der Waals surface area contributed by atoms with Gasteiger partial charge in [-0.3, -0.25) is 0 Å². The summed E-state index contributed by atoms with van der Waals surface area (Å²) in [6, 6.07) is 22.7. The maximum absolute atomic E-state index is 12.4. The van der Waals surface area contributed by atoms with Crippen molar-refractivity contribution in [3.8, 4) is 34.3 Å². The van der Waals surface area contributed by atoms with E-state index in [0.717, 1.165) is 53.5 Å². The smallest absolute Gasteiger partial charge is 0.410 e. The normalized spacial score (nSPS) is 14.2. The van der Waals surface area contributed by atoms with Gasteiger partial charge in [-0.2, -0.15) is 0 Å². The van der Waals surface area contributed by atoms with E-state index in [0.29, 0.717) is 26.2 Å². The highest BCUT2D eigenvalue weighted by Gasteiger charge is 2.28. The van der Waals surface area contributed by atoms with Crippen molar-refractivity contribution in [3.05, 3.63) is 77.8 Å². The largest absolute Gasteiger partial charge is 0.492 e. The van der Waals surface area contributed by atoms with E-state index >= 15 is 0 Å². The van der Waals surface area contributed by atoms with Crippen LogP contribution in [0.3, 0.4) is 0 Å². The first-order valence-electron chi connectivity index (χ1n) is 15.8. The Bertz CT molecular complexity index is 1760. The molecule has 0 atom stereocenters. The number of carbonyl (C=O) groups excluding carboxylic acids is 1. The Balaban J connectivity index is 1.15. The van der Waals surface area contributed by atoms with Crippen molar-refractivity contribution in [2.75, 3.05) is 19.7 Å². The first-order chi connectivity index (χ1) is 21.7. The van der Waals surface area contributed by atoms with Gasteiger partial charge < -0.3 is 28.2 Å². The fourth-order valence-corrected chi connectivity index (χ4v) is 6.79. The van der Waals surface area contributed by atoms with E-state index in [1.165, 1.54) is 15.9 Å². The number of fused-ring (bicyclic) bond motifs is 1. The maximum atomic E-state index is 12.4. The van der Waals surface area contributed by atoms with Crippen LogP contribution in [0.2, 0.25) is 0 Å². The highest BCUT2D eigenvalue weighted by atomic mass is 32.1. The number of imidazole rings is 1. The first-order valence-corrected chi connectivity index (χ1v) is 16.6. The van der Waals surface area contributed by atoms with Gasteiger partial charge in [-0.15, -0.1) is 11.3 Å². The summed E-state index contributed by atoms with van der Waals surface area (Å²) in [6.45, 7) is 10.2. The van der Waals surface area contributed by atoms with Crippen LogP contribution in [0, 0.1) is 0 Å². The summed E-state index contributed by atoms with van der Waals surface area (Å²) in [5.41, 5.74) is 5.15. The molecule has 1 amide bonds. The fraction of sp³-hybridized carbons (Fsp3) is 0.389. The van der Waals surface area contributed by atoms with Gasteiger partial charge in [-0.1, -0.05) is 43.3 Å². The van der Waals surface area contributed by atoms with Crippen molar-refractivity contribution >= 4 is 27.6 Å². The highest BCUT2D eigenvalue weighted by molar-refractivity contribution is 7.17. The summed E-state index contributed by atoms with van der Waals surface area (Å²) in [5, 5.41) is 2.13. The van der Waals surface area contributed by atoms with Gasteiger partial charge >= 0.3 is 6.09 Å². The van der Waals surface area contributed by atoms with Gasteiger partial charge in [0.05, 0.1) is 28.1 Å². The number of nitrogens with zero attached hydrogens (tertiary/aromatic N) is 4. The van der Waals surface area contributed by atoms with Gasteiger partial charge in [-0.05, 0) is 56.8 Å². The predicted octanol–water partition coefficient (Wildman–Crippen LogP) is 8.19. The van der Waals surface area contributed by atoms with E-state index in [1.807, 2.05) is 51.1 Å². The molecule has 236 valence electrons. The lowest BCUT2D eigenvalue weighted by atomic mass is 10.1. The summed E-state index contributed by atoms with van der Waals surface area (Å²) in [4.78, 5) is 19.4. The minimum absolute atomic E-state index is 0.0379. The second-order valence-electron chi connectivity index (χ2n) is 12.5. The number of aryl methyl sites for hydroxylation is 1. The highest BCUT2D eigenvalue weighted by Crippen LogP contribution is 2.34. The zero-order valence-corrected chi connectivity index (χ0v) is 27.6. The summed E-state index contributed by atoms with van der Waals surface area (Å²) >= 11 is 1.75. The van der Waals surface area contributed by atoms with Crippen LogP contribution in [0.5, 0.6) is 11.5 Å². The Kier molecular flexibility index (Phi) is 8.90. The molecular formula is C36H42N4O4S.